The molecule has 2 aliphatic rings. The number of carbonyl (C=O) groups is 2. The number of nitrogens with one attached hydrogen (secondary N) is 1. The molecule has 8 heteroatoms. The van der Waals surface area contributed by atoms with E-state index in [0.717, 1.165) is 25.7 Å². The third-order valence-corrected chi connectivity index (χ3v) is 4.78. The monoisotopic (exact) mass is 343 g/mol. The molecule has 1 aromatic heterocycles. The molecule has 2 heterocycles. The number of aromatic nitrogens is 2. The van der Waals surface area contributed by atoms with E-state index in [-0.39, 0.29) is 41.5 Å². The molecule has 2 fully saturated rings. The number of nitriles is 1. The molecule has 0 bridgehead atoms. The Morgan fingerprint density at radius 1 is 1.32 bits per heavy atom. The summed E-state index contributed by atoms with van der Waals surface area (Å²) in [6, 6.07) is 2.07. The topological polar surface area (TPSA) is 108 Å². The second kappa shape index (κ2) is 7.47. The van der Waals surface area contributed by atoms with Crippen LogP contribution in [-0.2, 0) is 9.59 Å². The zero-order valence-electron chi connectivity index (χ0n) is 14.1. The summed E-state index contributed by atoms with van der Waals surface area (Å²) < 4.78 is 5.80. The maximum atomic E-state index is 12.3. The highest BCUT2D eigenvalue weighted by molar-refractivity contribution is 5.89. The van der Waals surface area contributed by atoms with Gasteiger partial charge >= 0.3 is 0 Å². The van der Waals surface area contributed by atoms with Gasteiger partial charge in [-0.15, -0.1) is 0 Å². The molecule has 132 valence electrons. The highest BCUT2D eigenvalue weighted by Gasteiger charge is 2.34. The van der Waals surface area contributed by atoms with Crippen LogP contribution < -0.4 is 10.1 Å². The molecule has 2 amide bonds. The lowest BCUT2D eigenvalue weighted by atomic mass is 9.92. The first kappa shape index (κ1) is 17.1. The van der Waals surface area contributed by atoms with Crippen molar-refractivity contribution in [3.8, 4) is 11.9 Å². The van der Waals surface area contributed by atoms with Crippen molar-refractivity contribution in [3.63, 3.8) is 0 Å². The standard InChI is InChI=1S/C17H21N5O3/c1-22-10-11(8-15(22)23)16(24)21-12-2-4-13(5-3-12)25-17-14(9-18)19-6-7-20-17/h6-7,11-13H,2-5,8,10H2,1H3,(H,21,24). The van der Waals surface area contributed by atoms with E-state index in [4.69, 9.17) is 10.00 Å². The Balaban J connectivity index is 1.47. The van der Waals surface area contributed by atoms with Gasteiger partial charge in [0.05, 0.1) is 5.92 Å². The normalized spacial score (nSPS) is 26.2. The highest BCUT2D eigenvalue weighted by atomic mass is 16.5. The van der Waals surface area contributed by atoms with E-state index in [2.05, 4.69) is 15.3 Å². The summed E-state index contributed by atoms with van der Waals surface area (Å²) in [4.78, 5) is 33.4. The molecule has 1 aliphatic carbocycles. The molecule has 1 unspecified atom stereocenters. The highest BCUT2D eigenvalue weighted by Crippen LogP contribution is 2.25. The first-order chi connectivity index (χ1) is 12.1. The number of ether oxygens (including phenoxy) is 1. The van der Waals surface area contributed by atoms with Gasteiger partial charge in [-0.25, -0.2) is 9.97 Å². The molecular weight excluding hydrogens is 322 g/mol. The van der Waals surface area contributed by atoms with Crippen LogP contribution in [0.2, 0.25) is 0 Å². The first-order valence-electron chi connectivity index (χ1n) is 8.49. The summed E-state index contributed by atoms with van der Waals surface area (Å²) >= 11 is 0. The number of rotatable bonds is 4. The Kier molecular flexibility index (Phi) is 5.12. The van der Waals surface area contributed by atoms with E-state index in [1.807, 2.05) is 6.07 Å². The zero-order chi connectivity index (χ0) is 17.8. The van der Waals surface area contributed by atoms with Crippen LogP contribution in [0.5, 0.6) is 5.88 Å². The average molecular weight is 343 g/mol. The molecule has 1 atom stereocenters. The summed E-state index contributed by atoms with van der Waals surface area (Å²) in [6.07, 6.45) is 6.38. The molecule has 25 heavy (non-hydrogen) atoms. The van der Waals surface area contributed by atoms with Gasteiger partial charge in [-0.05, 0) is 25.7 Å². The number of nitrogens with zero attached hydrogens (tertiary/aromatic N) is 4. The molecule has 1 N–H and O–H groups in total. The minimum atomic E-state index is -0.246. The van der Waals surface area contributed by atoms with Crippen LogP contribution in [0, 0.1) is 17.2 Å². The lowest BCUT2D eigenvalue weighted by Gasteiger charge is -2.29. The summed E-state index contributed by atoms with van der Waals surface area (Å²) in [5.74, 6) is 0.00605. The molecule has 0 aromatic carbocycles. The molecule has 0 radical (unpaired) electrons. The number of amides is 2. The van der Waals surface area contributed by atoms with Crippen molar-refractivity contribution in [1.82, 2.24) is 20.2 Å². The molecule has 0 spiro atoms. The fourth-order valence-corrected chi connectivity index (χ4v) is 3.33. The van der Waals surface area contributed by atoms with Gasteiger partial charge in [0.1, 0.15) is 12.2 Å². The van der Waals surface area contributed by atoms with Gasteiger partial charge in [0.25, 0.3) is 5.88 Å². The average Bonchev–Trinajstić information content (AvgIpc) is 2.96. The van der Waals surface area contributed by atoms with E-state index in [0.29, 0.717) is 13.0 Å². The maximum absolute atomic E-state index is 12.3. The SMILES string of the molecule is CN1CC(C(=O)NC2CCC(Oc3nccnc3C#N)CC2)CC1=O. The number of hydrogen-bond acceptors (Lipinski definition) is 6. The smallest absolute Gasteiger partial charge is 0.251 e. The Morgan fingerprint density at radius 3 is 2.68 bits per heavy atom. The lowest BCUT2D eigenvalue weighted by Crippen LogP contribution is -2.43. The third-order valence-electron chi connectivity index (χ3n) is 4.78. The van der Waals surface area contributed by atoms with Gasteiger partial charge in [0.2, 0.25) is 17.5 Å². The Bertz CT molecular complexity index is 694. The molecule has 1 aromatic rings. The zero-order valence-corrected chi connectivity index (χ0v) is 14.1. The minimum Gasteiger partial charge on any atom is -0.472 e. The second-order valence-corrected chi connectivity index (χ2v) is 6.60. The van der Waals surface area contributed by atoms with Crippen molar-refractivity contribution in [2.45, 2.75) is 44.2 Å². The molecule has 3 rings (SSSR count). The molecule has 1 saturated heterocycles. The van der Waals surface area contributed by atoms with E-state index in [1.165, 1.54) is 12.4 Å². The predicted octanol–water partition coefficient (Wildman–Crippen LogP) is 0.633. The van der Waals surface area contributed by atoms with Crippen molar-refractivity contribution < 1.29 is 14.3 Å². The Labute approximate surface area is 146 Å². The van der Waals surface area contributed by atoms with Crippen LogP contribution in [0.4, 0.5) is 0 Å². The van der Waals surface area contributed by atoms with Gasteiger partial charge in [0.15, 0.2) is 0 Å². The number of likely N-dealkylation sites (tertiary alicyclic amines) is 1. The van der Waals surface area contributed by atoms with Crippen LogP contribution in [0.25, 0.3) is 0 Å². The molecule has 8 nitrogen and oxygen atoms in total. The quantitative estimate of drug-likeness (QED) is 0.859. The number of hydrogen-bond donors (Lipinski definition) is 1. The van der Waals surface area contributed by atoms with Gasteiger partial charge in [0, 0.05) is 38.4 Å². The lowest BCUT2D eigenvalue weighted by molar-refractivity contribution is -0.128. The van der Waals surface area contributed by atoms with Crippen LogP contribution in [0.1, 0.15) is 37.8 Å². The van der Waals surface area contributed by atoms with Crippen molar-refractivity contribution >= 4 is 11.8 Å². The third kappa shape index (κ3) is 4.05. The molecule has 1 aliphatic heterocycles. The van der Waals surface area contributed by atoms with E-state index in [9.17, 15) is 9.59 Å². The summed E-state index contributed by atoms with van der Waals surface area (Å²) in [6.45, 7) is 0.493. The predicted molar refractivity (Wildman–Crippen MR) is 87.3 cm³/mol. The fourth-order valence-electron chi connectivity index (χ4n) is 3.33. The van der Waals surface area contributed by atoms with Gasteiger partial charge < -0.3 is 15.0 Å². The van der Waals surface area contributed by atoms with Crippen LogP contribution >= 0.6 is 0 Å². The van der Waals surface area contributed by atoms with Crippen molar-refractivity contribution in [2.75, 3.05) is 13.6 Å². The largest absolute Gasteiger partial charge is 0.472 e. The van der Waals surface area contributed by atoms with Crippen LogP contribution in [0.15, 0.2) is 12.4 Å². The molecular formula is C17H21N5O3. The van der Waals surface area contributed by atoms with Crippen molar-refractivity contribution in [3.05, 3.63) is 18.1 Å². The van der Waals surface area contributed by atoms with Crippen molar-refractivity contribution in [2.24, 2.45) is 5.92 Å². The fraction of sp³-hybridized carbons (Fsp3) is 0.588. The van der Waals surface area contributed by atoms with E-state index >= 15 is 0 Å². The van der Waals surface area contributed by atoms with E-state index in [1.54, 1.807) is 11.9 Å². The van der Waals surface area contributed by atoms with Crippen LogP contribution in [-0.4, -0.2) is 52.4 Å². The van der Waals surface area contributed by atoms with Crippen molar-refractivity contribution in [1.29, 1.82) is 5.26 Å². The van der Waals surface area contributed by atoms with Gasteiger partial charge in [-0.1, -0.05) is 0 Å². The minimum absolute atomic E-state index is 0.0227. The summed E-state index contributed by atoms with van der Waals surface area (Å²) in [5, 5.41) is 12.1. The maximum Gasteiger partial charge on any atom is 0.251 e. The molecule has 1 saturated carbocycles. The Hall–Kier alpha value is -2.69. The van der Waals surface area contributed by atoms with E-state index < -0.39 is 0 Å². The Morgan fingerprint density at radius 2 is 2.04 bits per heavy atom. The summed E-state index contributed by atoms with van der Waals surface area (Å²) in [7, 11) is 1.72. The van der Waals surface area contributed by atoms with Gasteiger partial charge in [-0.2, -0.15) is 5.26 Å². The number of carbonyl (C=O) groups excluding carboxylic acids is 2. The van der Waals surface area contributed by atoms with Crippen LogP contribution in [0.3, 0.4) is 0 Å². The summed E-state index contributed by atoms with van der Waals surface area (Å²) in [5.41, 5.74) is 0.188. The second-order valence-electron chi connectivity index (χ2n) is 6.60. The first-order valence-corrected chi connectivity index (χ1v) is 8.49. The van der Waals surface area contributed by atoms with Gasteiger partial charge in [-0.3, -0.25) is 9.59 Å².